The quantitative estimate of drug-likeness (QED) is 0.892. The summed E-state index contributed by atoms with van der Waals surface area (Å²) in [5.41, 5.74) is 6.51. The zero-order valence-electron chi connectivity index (χ0n) is 12.1. The summed E-state index contributed by atoms with van der Waals surface area (Å²) in [6, 6.07) is 5.19. The first-order chi connectivity index (χ1) is 9.95. The lowest BCUT2D eigenvalue weighted by Crippen LogP contribution is -2.45. The van der Waals surface area contributed by atoms with E-state index < -0.39 is 0 Å². The molecule has 1 amide bonds. The molecule has 0 radical (unpaired) electrons. The van der Waals surface area contributed by atoms with Gasteiger partial charge in [0.05, 0.1) is 17.3 Å². The summed E-state index contributed by atoms with van der Waals surface area (Å²) >= 11 is 12.0. The molecular formula is C15H21Cl2N3O. The summed E-state index contributed by atoms with van der Waals surface area (Å²) in [4.78, 5) is 14.3. The zero-order chi connectivity index (χ0) is 15.4. The SMILES string of the molecule is CC(N)C1CCCN(CC(=O)Nc2cc(Cl)ccc2Cl)C1. The van der Waals surface area contributed by atoms with Crippen LogP contribution in [-0.4, -0.2) is 36.5 Å². The van der Waals surface area contributed by atoms with E-state index in [1.54, 1.807) is 18.2 Å². The van der Waals surface area contributed by atoms with Crippen LogP contribution in [0.1, 0.15) is 19.8 Å². The summed E-state index contributed by atoms with van der Waals surface area (Å²) < 4.78 is 0. The number of hydrogen-bond acceptors (Lipinski definition) is 3. The number of amides is 1. The van der Waals surface area contributed by atoms with Crippen molar-refractivity contribution in [3.05, 3.63) is 28.2 Å². The van der Waals surface area contributed by atoms with Crippen LogP contribution in [0.2, 0.25) is 10.0 Å². The maximum atomic E-state index is 12.1. The molecule has 0 aliphatic carbocycles. The fourth-order valence-corrected chi connectivity index (χ4v) is 2.99. The van der Waals surface area contributed by atoms with Gasteiger partial charge in [0, 0.05) is 17.6 Å². The van der Waals surface area contributed by atoms with Crippen LogP contribution >= 0.6 is 23.2 Å². The van der Waals surface area contributed by atoms with Crippen LogP contribution in [0, 0.1) is 5.92 Å². The fourth-order valence-electron chi connectivity index (χ4n) is 2.65. The first-order valence-electron chi connectivity index (χ1n) is 7.18. The molecule has 3 N–H and O–H groups in total. The molecule has 2 unspecified atom stereocenters. The standard InChI is InChI=1S/C15H21Cl2N3O/c1-10(18)11-3-2-6-20(8-11)9-15(21)19-14-7-12(16)4-5-13(14)17/h4-5,7,10-11H,2-3,6,8-9,18H2,1H3,(H,19,21). The van der Waals surface area contributed by atoms with Crippen molar-refractivity contribution < 1.29 is 4.79 Å². The van der Waals surface area contributed by atoms with Gasteiger partial charge in [0.1, 0.15) is 0 Å². The van der Waals surface area contributed by atoms with Crippen LogP contribution in [-0.2, 0) is 4.79 Å². The maximum absolute atomic E-state index is 12.1. The second-order valence-corrected chi connectivity index (χ2v) is 6.51. The third-order valence-corrected chi connectivity index (χ3v) is 4.42. The molecule has 0 saturated carbocycles. The summed E-state index contributed by atoms with van der Waals surface area (Å²) in [6.07, 6.45) is 2.22. The molecule has 0 bridgehead atoms. The number of nitrogens with zero attached hydrogens (tertiary/aromatic N) is 1. The predicted octanol–water partition coefficient (Wildman–Crippen LogP) is 2.99. The van der Waals surface area contributed by atoms with Gasteiger partial charge in [0.2, 0.25) is 5.91 Å². The zero-order valence-corrected chi connectivity index (χ0v) is 13.6. The van der Waals surface area contributed by atoms with Crippen molar-refractivity contribution in [2.45, 2.75) is 25.8 Å². The van der Waals surface area contributed by atoms with Crippen molar-refractivity contribution in [1.29, 1.82) is 0 Å². The van der Waals surface area contributed by atoms with Crippen molar-refractivity contribution in [3.63, 3.8) is 0 Å². The van der Waals surface area contributed by atoms with Gasteiger partial charge in [-0.25, -0.2) is 0 Å². The molecule has 0 aromatic heterocycles. The van der Waals surface area contributed by atoms with Gasteiger partial charge in [-0.1, -0.05) is 23.2 Å². The molecule has 1 aliphatic heterocycles. The highest BCUT2D eigenvalue weighted by molar-refractivity contribution is 6.35. The highest BCUT2D eigenvalue weighted by atomic mass is 35.5. The number of piperidine rings is 1. The molecule has 1 aliphatic rings. The number of carbonyl (C=O) groups is 1. The Bertz CT molecular complexity index is 508. The van der Waals surface area contributed by atoms with E-state index in [2.05, 4.69) is 10.2 Å². The average molecular weight is 330 g/mol. The molecule has 0 spiro atoms. The number of carbonyl (C=O) groups excluding carboxylic acids is 1. The lowest BCUT2D eigenvalue weighted by atomic mass is 9.92. The Morgan fingerprint density at radius 1 is 1.52 bits per heavy atom. The number of nitrogens with two attached hydrogens (primary N) is 1. The normalized spacial score (nSPS) is 21.0. The number of hydrogen-bond donors (Lipinski definition) is 2. The Kier molecular flexibility index (Phi) is 5.88. The van der Waals surface area contributed by atoms with Crippen molar-refractivity contribution in [1.82, 2.24) is 4.90 Å². The third-order valence-electron chi connectivity index (χ3n) is 3.86. The van der Waals surface area contributed by atoms with Crippen LogP contribution in [0.5, 0.6) is 0 Å². The van der Waals surface area contributed by atoms with Crippen LogP contribution in [0.3, 0.4) is 0 Å². The van der Waals surface area contributed by atoms with Gasteiger partial charge in [0.15, 0.2) is 0 Å². The second kappa shape index (κ2) is 7.45. The molecule has 6 heteroatoms. The van der Waals surface area contributed by atoms with Gasteiger partial charge < -0.3 is 11.1 Å². The van der Waals surface area contributed by atoms with E-state index in [4.69, 9.17) is 28.9 Å². The second-order valence-electron chi connectivity index (χ2n) is 5.67. The first kappa shape index (κ1) is 16.6. The van der Waals surface area contributed by atoms with Gasteiger partial charge in [-0.3, -0.25) is 9.69 Å². The minimum absolute atomic E-state index is 0.0792. The van der Waals surface area contributed by atoms with E-state index in [1.807, 2.05) is 6.92 Å². The van der Waals surface area contributed by atoms with Crippen molar-refractivity contribution in [3.8, 4) is 0 Å². The number of anilines is 1. The van der Waals surface area contributed by atoms with E-state index in [-0.39, 0.29) is 11.9 Å². The minimum Gasteiger partial charge on any atom is -0.328 e. The summed E-state index contributed by atoms with van der Waals surface area (Å²) in [6.45, 7) is 4.18. The number of nitrogens with one attached hydrogen (secondary N) is 1. The highest BCUT2D eigenvalue weighted by Gasteiger charge is 2.24. The first-order valence-corrected chi connectivity index (χ1v) is 7.94. The topological polar surface area (TPSA) is 58.4 Å². The predicted molar refractivity (Wildman–Crippen MR) is 87.9 cm³/mol. The Balaban J connectivity index is 1.91. The molecular weight excluding hydrogens is 309 g/mol. The summed E-state index contributed by atoms with van der Waals surface area (Å²) in [5.74, 6) is 0.380. The number of rotatable bonds is 4. The Labute approximate surface area is 135 Å². The lowest BCUT2D eigenvalue weighted by molar-refractivity contribution is -0.117. The van der Waals surface area contributed by atoms with Gasteiger partial charge >= 0.3 is 0 Å². The third kappa shape index (κ3) is 4.85. The van der Waals surface area contributed by atoms with E-state index >= 15 is 0 Å². The van der Waals surface area contributed by atoms with Gasteiger partial charge in [-0.15, -0.1) is 0 Å². The van der Waals surface area contributed by atoms with Crippen molar-refractivity contribution >= 4 is 34.8 Å². The molecule has 2 atom stereocenters. The molecule has 2 rings (SSSR count). The van der Waals surface area contributed by atoms with Crippen LogP contribution in [0.4, 0.5) is 5.69 Å². The number of likely N-dealkylation sites (tertiary alicyclic amines) is 1. The van der Waals surface area contributed by atoms with E-state index in [0.717, 1.165) is 25.9 Å². The van der Waals surface area contributed by atoms with E-state index in [0.29, 0.717) is 28.2 Å². The molecule has 1 aromatic carbocycles. The molecule has 116 valence electrons. The highest BCUT2D eigenvalue weighted by Crippen LogP contribution is 2.25. The smallest absolute Gasteiger partial charge is 0.238 e. The maximum Gasteiger partial charge on any atom is 0.238 e. The summed E-state index contributed by atoms with van der Waals surface area (Å²) in [7, 11) is 0. The van der Waals surface area contributed by atoms with Crippen molar-refractivity contribution in [2.24, 2.45) is 11.7 Å². The monoisotopic (exact) mass is 329 g/mol. The molecule has 1 saturated heterocycles. The molecule has 4 nitrogen and oxygen atoms in total. The number of halogens is 2. The van der Waals surface area contributed by atoms with Gasteiger partial charge in [0.25, 0.3) is 0 Å². The van der Waals surface area contributed by atoms with E-state index in [9.17, 15) is 4.79 Å². The largest absolute Gasteiger partial charge is 0.328 e. The Morgan fingerprint density at radius 2 is 2.29 bits per heavy atom. The van der Waals surface area contributed by atoms with Crippen LogP contribution in [0.15, 0.2) is 18.2 Å². The van der Waals surface area contributed by atoms with Gasteiger partial charge in [-0.2, -0.15) is 0 Å². The molecule has 1 heterocycles. The summed E-state index contributed by atoms with van der Waals surface area (Å²) in [5, 5.41) is 3.85. The average Bonchev–Trinajstić information content (AvgIpc) is 2.43. The fraction of sp³-hybridized carbons (Fsp3) is 0.533. The molecule has 1 fully saturated rings. The molecule has 1 aromatic rings. The Morgan fingerprint density at radius 3 is 3.00 bits per heavy atom. The Hall–Kier alpha value is -0.810. The van der Waals surface area contributed by atoms with Crippen LogP contribution < -0.4 is 11.1 Å². The van der Waals surface area contributed by atoms with Crippen molar-refractivity contribution in [2.75, 3.05) is 25.0 Å². The van der Waals surface area contributed by atoms with E-state index in [1.165, 1.54) is 0 Å². The van der Waals surface area contributed by atoms with Gasteiger partial charge in [-0.05, 0) is 50.4 Å². The minimum atomic E-state index is -0.0792. The number of benzene rings is 1. The lowest BCUT2D eigenvalue weighted by Gasteiger charge is -2.34. The van der Waals surface area contributed by atoms with Crippen LogP contribution in [0.25, 0.3) is 0 Å². The molecule has 21 heavy (non-hydrogen) atoms.